The number of aliphatic hydroxyl groups is 1. The summed E-state index contributed by atoms with van der Waals surface area (Å²) in [6.07, 6.45) is 1.72. The molecule has 5 heteroatoms. The molecule has 1 fully saturated rings. The fourth-order valence-corrected chi connectivity index (χ4v) is 2.52. The molecule has 0 spiro atoms. The average molecular weight is 298 g/mol. The highest BCUT2D eigenvalue weighted by Gasteiger charge is 2.28. The molecule has 1 aliphatic rings. The Morgan fingerprint density at radius 3 is 3.00 bits per heavy atom. The first-order chi connectivity index (χ1) is 9.65. The SMILES string of the molecule is CCCOc1ccc(Cl)cc1C(=O)N1CCC(CO)C1. The van der Waals surface area contributed by atoms with Crippen molar-refractivity contribution in [2.75, 3.05) is 26.3 Å². The van der Waals surface area contributed by atoms with Gasteiger partial charge in [0.15, 0.2) is 0 Å². The van der Waals surface area contributed by atoms with Gasteiger partial charge in [0.05, 0.1) is 12.2 Å². The van der Waals surface area contributed by atoms with Crippen molar-refractivity contribution in [2.24, 2.45) is 5.92 Å². The highest BCUT2D eigenvalue weighted by atomic mass is 35.5. The molecule has 2 rings (SSSR count). The summed E-state index contributed by atoms with van der Waals surface area (Å²) in [6, 6.07) is 5.12. The fraction of sp³-hybridized carbons (Fsp3) is 0.533. The maximum atomic E-state index is 12.6. The topological polar surface area (TPSA) is 49.8 Å². The highest BCUT2D eigenvalue weighted by Crippen LogP contribution is 2.27. The summed E-state index contributed by atoms with van der Waals surface area (Å²) < 4.78 is 5.62. The quantitative estimate of drug-likeness (QED) is 0.909. The predicted molar refractivity (Wildman–Crippen MR) is 78.3 cm³/mol. The van der Waals surface area contributed by atoms with Crippen molar-refractivity contribution in [1.82, 2.24) is 4.90 Å². The van der Waals surface area contributed by atoms with Gasteiger partial charge in [0, 0.05) is 30.6 Å². The minimum atomic E-state index is -0.0745. The second-order valence-electron chi connectivity index (χ2n) is 5.08. The van der Waals surface area contributed by atoms with Crippen LogP contribution in [0, 0.1) is 5.92 Å². The van der Waals surface area contributed by atoms with Crippen LogP contribution in [0.4, 0.5) is 0 Å². The van der Waals surface area contributed by atoms with Gasteiger partial charge in [-0.1, -0.05) is 18.5 Å². The van der Waals surface area contributed by atoms with Gasteiger partial charge in [0.25, 0.3) is 5.91 Å². The third-order valence-electron chi connectivity index (χ3n) is 3.46. The van der Waals surface area contributed by atoms with E-state index >= 15 is 0 Å². The molecule has 4 nitrogen and oxygen atoms in total. The van der Waals surface area contributed by atoms with Crippen LogP contribution < -0.4 is 4.74 Å². The van der Waals surface area contributed by atoms with E-state index in [-0.39, 0.29) is 18.4 Å². The van der Waals surface area contributed by atoms with Crippen LogP contribution in [0.1, 0.15) is 30.1 Å². The van der Waals surface area contributed by atoms with Crippen LogP contribution in [-0.4, -0.2) is 42.2 Å². The van der Waals surface area contributed by atoms with E-state index in [1.807, 2.05) is 6.92 Å². The zero-order valence-corrected chi connectivity index (χ0v) is 12.4. The van der Waals surface area contributed by atoms with Gasteiger partial charge < -0.3 is 14.7 Å². The maximum Gasteiger partial charge on any atom is 0.257 e. The van der Waals surface area contributed by atoms with Crippen molar-refractivity contribution in [3.8, 4) is 5.75 Å². The number of benzene rings is 1. The van der Waals surface area contributed by atoms with Crippen molar-refractivity contribution < 1.29 is 14.6 Å². The van der Waals surface area contributed by atoms with Crippen molar-refractivity contribution in [3.63, 3.8) is 0 Å². The summed E-state index contributed by atoms with van der Waals surface area (Å²) in [5, 5.41) is 9.69. The van der Waals surface area contributed by atoms with Crippen LogP contribution >= 0.6 is 11.6 Å². The first-order valence-corrected chi connectivity index (χ1v) is 7.36. The summed E-state index contributed by atoms with van der Waals surface area (Å²) in [5.74, 6) is 0.682. The van der Waals surface area contributed by atoms with Gasteiger partial charge in [-0.05, 0) is 31.0 Å². The summed E-state index contributed by atoms with van der Waals surface area (Å²) in [5.41, 5.74) is 0.504. The lowest BCUT2D eigenvalue weighted by atomic mass is 10.1. The second kappa shape index (κ2) is 6.95. The highest BCUT2D eigenvalue weighted by molar-refractivity contribution is 6.31. The molecule has 1 heterocycles. The molecule has 1 atom stereocenters. The number of carbonyl (C=O) groups is 1. The van der Waals surface area contributed by atoms with Gasteiger partial charge in [-0.15, -0.1) is 0 Å². The maximum absolute atomic E-state index is 12.6. The number of hydrogen-bond donors (Lipinski definition) is 1. The monoisotopic (exact) mass is 297 g/mol. The van der Waals surface area contributed by atoms with Crippen molar-refractivity contribution >= 4 is 17.5 Å². The fourth-order valence-electron chi connectivity index (χ4n) is 2.34. The predicted octanol–water partition coefficient (Wildman–Crippen LogP) is 2.58. The van der Waals surface area contributed by atoms with Crippen LogP contribution in [0.5, 0.6) is 5.75 Å². The van der Waals surface area contributed by atoms with E-state index in [0.717, 1.165) is 12.8 Å². The molecule has 1 amide bonds. The molecule has 0 saturated carbocycles. The Balaban J connectivity index is 2.17. The molecule has 1 saturated heterocycles. The zero-order valence-electron chi connectivity index (χ0n) is 11.6. The van der Waals surface area contributed by atoms with Crippen LogP contribution in [-0.2, 0) is 0 Å². The number of hydrogen-bond acceptors (Lipinski definition) is 3. The van der Waals surface area contributed by atoms with Crippen LogP contribution in [0.15, 0.2) is 18.2 Å². The average Bonchev–Trinajstić information content (AvgIpc) is 2.94. The molecule has 1 aromatic carbocycles. The van der Waals surface area contributed by atoms with Gasteiger partial charge in [-0.3, -0.25) is 4.79 Å². The molecule has 0 aliphatic carbocycles. The standard InChI is InChI=1S/C15H20ClNO3/c1-2-7-20-14-4-3-12(16)8-13(14)15(19)17-6-5-11(9-17)10-18/h3-4,8,11,18H,2,5-7,9-10H2,1H3. The van der Waals surface area contributed by atoms with Gasteiger partial charge in [0.2, 0.25) is 0 Å². The van der Waals surface area contributed by atoms with Gasteiger partial charge in [-0.2, -0.15) is 0 Å². The molecule has 1 N–H and O–H groups in total. The lowest BCUT2D eigenvalue weighted by Crippen LogP contribution is -2.29. The number of carbonyl (C=O) groups excluding carboxylic acids is 1. The normalized spacial score (nSPS) is 18.4. The van der Waals surface area contributed by atoms with Crippen LogP contribution in [0.25, 0.3) is 0 Å². The molecule has 0 radical (unpaired) electrons. The Labute approximate surface area is 124 Å². The molecule has 1 unspecified atom stereocenters. The molecular formula is C15H20ClNO3. The van der Waals surface area contributed by atoms with Crippen LogP contribution in [0.2, 0.25) is 5.02 Å². The smallest absolute Gasteiger partial charge is 0.257 e. The number of nitrogens with zero attached hydrogens (tertiary/aromatic N) is 1. The molecule has 0 bridgehead atoms. The molecular weight excluding hydrogens is 278 g/mol. The Kier molecular flexibility index (Phi) is 5.26. The summed E-state index contributed by atoms with van der Waals surface area (Å²) in [6.45, 7) is 3.97. The lowest BCUT2D eigenvalue weighted by molar-refractivity contribution is 0.0777. The van der Waals surface area contributed by atoms with E-state index in [9.17, 15) is 4.79 Å². The van der Waals surface area contributed by atoms with E-state index in [4.69, 9.17) is 21.4 Å². The van der Waals surface area contributed by atoms with E-state index in [1.165, 1.54) is 0 Å². The molecule has 110 valence electrons. The van der Waals surface area contributed by atoms with E-state index in [2.05, 4.69) is 0 Å². The Bertz CT molecular complexity index is 478. The Morgan fingerprint density at radius 2 is 2.35 bits per heavy atom. The van der Waals surface area contributed by atoms with E-state index in [0.29, 0.717) is 36.0 Å². The minimum Gasteiger partial charge on any atom is -0.493 e. The first-order valence-electron chi connectivity index (χ1n) is 6.98. The number of amides is 1. The number of aliphatic hydroxyl groups excluding tert-OH is 1. The lowest BCUT2D eigenvalue weighted by Gasteiger charge is -2.18. The second-order valence-corrected chi connectivity index (χ2v) is 5.51. The minimum absolute atomic E-state index is 0.0745. The van der Waals surface area contributed by atoms with E-state index in [1.54, 1.807) is 23.1 Å². The first kappa shape index (κ1) is 15.1. The van der Waals surface area contributed by atoms with Crippen molar-refractivity contribution in [2.45, 2.75) is 19.8 Å². The van der Waals surface area contributed by atoms with Gasteiger partial charge in [-0.25, -0.2) is 0 Å². The zero-order chi connectivity index (χ0) is 14.5. The van der Waals surface area contributed by atoms with Gasteiger partial charge in [0.1, 0.15) is 5.75 Å². The molecule has 1 aromatic rings. The van der Waals surface area contributed by atoms with Crippen molar-refractivity contribution in [3.05, 3.63) is 28.8 Å². The molecule has 0 aromatic heterocycles. The summed E-state index contributed by atoms with van der Waals surface area (Å²) >= 11 is 5.99. The summed E-state index contributed by atoms with van der Waals surface area (Å²) in [7, 11) is 0. The Morgan fingerprint density at radius 1 is 1.55 bits per heavy atom. The van der Waals surface area contributed by atoms with Gasteiger partial charge >= 0.3 is 0 Å². The Hall–Kier alpha value is -1.26. The number of rotatable bonds is 5. The molecule has 20 heavy (non-hydrogen) atoms. The third kappa shape index (κ3) is 3.44. The largest absolute Gasteiger partial charge is 0.493 e. The number of ether oxygens (including phenoxy) is 1. The molecule has 1 aliphatic heterocycles. The van der Waals surface area contributed by atoms with E-state index < -0.39 is 0 Å². The third-order valence-corrected chi connectivity index (χ3v) is 3.70. The summed E-state index contributed by atoms with van der Waals surface area (Å²) in [4.78, 5) is 14.3. The van der Waals surface area contributed by atoms with Crippen LogP contribution in [0.3, 0.4) is 0 Å². The number of likely N-dealkylation sites (tertiary alicyclic amines) is 1. The van der Waals surface area contributed by atoms with Crippen molar-refractivity contribution in [1.29, 1.82) is 0 Å². The number of halogens is 1.